The molecule has 0 saturated carbocycles. The summed E-state index contributed by atoms with van der Waals surface area (Å²) in [5.74, 6) is 0.894. The highest BCUT2D eigenvalue weighted by Crippen LogP contribution is 2.23. The molecule has 1 nitrogen and oxygen atoms in total. The summed E-state index contributed by atoms with van der Waals surface area (Å²) in [6, 6.07) is 0. The van der Waals surface area contributed by atoms with Crippen molar-refractivity contribution in [2.24, 2.45) is 5.41 Å². The highest BCUT2D eigenvalue weighted by Gasteiger charge is 2.14. The van der Waals surface area contributed by atoms with Gasteiger partial charge in [0.05, 0.1) is 6.10 Å². The van der Waals surface area contributed by atoms with Crippen molar-refractivity contribution in [1.29, 1.82) is 0 Å². The van der Waals surface area contributed by atoms with Gasteiger partial charge in [-0.05, 0) is 24.7 Å². The van der Waals surface area contributed by atoms with Gasteiger partial charge in [-0.2, -0.15) is 11.8 Å². The maximum atomic E-state index is 9.74. The Labute approximate surface area is 93.7 Å². The molecule has 0 amide bonds. The third-order valence-electron chi connectivity index (χ3n) is 2.38. The van der Waals surface area contributed by atoms with Crippen LogP contribution in [0.3, 0.4) is 0 Å². The van der Waals surface area contributed by atoms with Crippen LogP contribution in [0.25, 0.3) is 0 Å². The normalized spacial score (nSPS) is 16.7. The van der Waals surface area contributed by atoms with E-state index in [1.54, 1.807) is 0 Å². The van der Waals surface area contributed by atoms with E-state index in [2.05, 4.69) is 34.6 Å². The highest BCUT2D eigenvalue weighted by molar-refractivity contribution is 7.99. The zero-order valence-corrected chi connectivity index (χ0v) is 11.2. The van der Waals surface area contributed by atoms with E-state index in [4.69, 9.17) is 0 Å². The van der Waals surface area contributed by atoms with Gasteiger partial charge in [-0.15, -0.1) is 0 Å². The van der Waals surface area contributed by atoms with Gasteiger partial charge in [0.15, 0.2) is 0 Å². The Kier molecular flexibility index (Phi) is 6.88. The van der Waals surface area contributed by atoms with Crippen LogP contribution in [0.4, 0.5) is 0 Å². The van der Waals surface area contributed by atoms with E-state index in [0.29, 0.717) is 10.7 Å². The van der Waals surface area contributed by atoms with Crippen molar-refractivity contribution < 1.29 is 5.11 Å². The van der Waals surface area contributed by atoms with E-state index >= 15 is 0 Å². The fraction of sp³-hybridized carbons (Fsp3) is 1.00. The summed E-state index contributed by atoms with van der Waals surface area (Å²) in [6.07, 6.45) is 3.12. The molecule has 2 heteroatoms. The Morgan fingerprint density at radius 1 is 1.29 bits per heavy atom. The van der Waals surface area contributed by atoms with Crippen LogP contribution >= 0.6 is 11.8 Å². The van der Waals surface area contributed by atoms with Gasteiger partial charge in [-0.1, -0.05) is 34.6 Å². The molecule has 0 aromatic carbocycles. The molecule has 0 fully saturated rings. The van der Waals surface area contributed by atoms with E-state index in [9.17, 15) is 5.11 Å². The van der Waals surface area contributed by atoms with Crippen molar-refractivity contribution in [3.63, 3.8) is 0 Å². The van der Waals surface area contributed by atoms with Gasteiger partial charge in [0.2, 0.25) is 0 Å². The number of rotatable bonds is 6. The topological polar surface area (TPSA) is 20.2 Å². The standard InChI is InChI=1S/C12H26OS/c1-6-10(2)14-9-11(13)7-8-12(3,4)5/h10-11,13H,6-9H2,1-5H3. The van der Waals surface area contributed by atoms with Crippen LogP contribution in [-0.4, -0.2) is 22.2 Å². The molecular formula is C12H26OS. The van der Waals surface area contributed by atoms with Crippen LogP contribution in [-0.2, 0) is 0 Å². The van der Waals surface area contributed by atoms with Gasteiger partial charge in [0, 0.05) is 11.0 Å². The number of hydrogen-bond acceptors (Lipinski definition) is 2. The lowest BCUT2D eigenvalue weighted by atomic mass is 9.89. The van der Waals surface area contributed by atoms with Gasteiger partial charge < -0.3 is 5.11 Å². The van der Waals surface area contributed by atoms with Crippen molar-refractivity contribution in [1.82, 2.24) is 0 Å². The molecule has 2 unspecified atom stereocenters. The molecule has 0 aliphatic rings. The second-order valence-electron chi connectivity index (χ2n) is 5.31. The lowest BCUT2D eigenvalue weighted by Crippen LogP contribution is -2.16. The first-order chi connectivity index (χ1) is 6.35. The first-order valence-corrected chi connectivity index (χ1v) is 6.69. The van der Waals surface area contributed by atoms with Crippen LogP contribution in [0.2, 0.25) is 0 Å². The summed E-state index contributed by atoms with van der Waals surface area (Å²) in [7, 11) is 0. The minimum atomic E-state index is -0.117. The Hall–Kier alpha value is 0.310. The zero-order valence-electron chi connectivity index (χ0n) is 10.3. The van der Waals surface area contributed by atoms with Gasteiger partial charge in [-0.3, -0.25) is 0 Å². The molecule has 0 rings (SSSR count). The third-order valence-corrected chi connectivity index (χ3v) is 3.86. The first-order valence-electron chi connectivity index (χ1n) is 5.65. The first kappa shape index (κ1) is 14.3. The predicted octanol–water partition coefficient (Wildman–Crippen LogP) is 3.71. The molecule has 1 N–H and O–H groups in total. The van der Waals surface area contributed by atoms with E-state index < -0.39 is 0 Å². The largest absolute Gasteiger partial charge is 0.392 e. The number of aliphatic hydroxyl groups excluding tert-OH is 1. The minimum Gasteiger partial charge on any atom is -0.392 e. The molecule has 0 aliphatic heterocycles. The van der Waals surface area contributed by atoms with E-state index in [1.165, 1.54) is 6.42 Å². The van der Waals surface area contributed by atoms with Gasteiger partial charge >= 0.3 is 0 Å². The number of hydrogen-bond donors (Lipinski definition) is 1. The molecular weight excluding hydrogens is 192 g/mol. The summed E-state index contributed by atoms with van der Waals surface area (Å²) in [5.41, 5.74) is 0.349. The Balaban J connectivity index is 3.51. The molecule has 0 heterocycles. The second-order valence-corrected chi connectivity index (χ2v) is 6.78. The predicted molar refractivity (Wildman–Crippen MR) is 66.9 cm³/mol. The highest BCUT2D eigenvalue weighted by atomic mass is 32.2. The molecule has 0 aliphatic carbocycles. The third kappa shape index (κ3) is 8.89. The quantitative estimate of drug-likeness (QED) is 0.733. The minimum absolute atomic E-state index is 0.117. The zero-order chi connectivity index (χ0) is 11.2. The summed E-state index contributed by atoms with van der Waals surface area (Å²) < 4.78 is 0. The summed E-state index contributed by atoms with van der Waals surface area (Å²) in [6.45, 7) is 11.1. The van der Waals surface area contributed by atoms with Crippen LogP contribution in [0.5, 0.6) is 0 Å². The van der Waals surface area contributed by atoms with Crippen molar-refractivity contribution in [3.8, 4) is 0 Å². The summed E-state index contributed by atoms with van der Waals surface area (Å²) in [4.78, 5) is 0. The van der Waals surface area contributed by atoms with E-state index in [1.807, 2.05) is 11.8 Å². The maximum Gasteiger partial charge on any atom is 0.0630 e. The summed E-state index contributed by atoms with van der Waals surface area (Å²) in [5, 5.41) is 10.4. The smallest absolute Gasteiger partial charge is 0.0630 e. The van der Waals surface area contributed by atoms with Crippen molar-refractivity contribution in [3.05, 3.63) is 0 Å². The number of thioether (sulfide) groups is 1. The fourth-order valence-corrected chi connectivity index (χ4v) is 2.03. The van der Waals surface area contributed by atoms with Crippen LogP contribution in [0, 0.1) is 5.41 Å². The van der Waals surface area contributed by atoms with E-state index in [-0.39, 0.29) is 6.10 Å². The van der Waals surface area contributed by atoms with E-state index in [0.717, 1.165) is 18.6 Å². The van der Waals surface area contributed by atoms with Crippen molar-refractivity contribution in [2.45, 2.75) is 65.2 Å². The Morgan fingerprint density at radius 2 is 1.86 bits per heavy atom. The van der Waals surface area contributed by atoms with Gasteiger partial charge in [0.1, 0.15) is 0 Å². The van der Waals surface area contributed by atoms with Crippen LogP contribution in [0.1, 0.15) is 53.9 Å². The average Bonchev–Trinajstić information content (AvgIpc) is 2.09. The SMILES string of the molecule is CCC(C)SCC(O)CCC(C)(C)C. The fourth-order valence-electron chi connectivity index (χ4n) is 1.08. The lowest BCUT2D eigenvalue weighted by Gasteiger charge is -2.20. The molecule has 0 aromatic heterocycles. The molecule has 0 aromatic rings. The monoisotopic (exact) mass is 218 g/mol. The molecule has 86 valence electrons. The maximum absolute atomic E-state index is 9.74. The molecule has 2 atom stereocenters. The van der Waals surface area contributed by atoms with Gasteiger partial charge in [-0.25, -0.2) is 0 Å². The molecule has 0 saturated heterocycles. The second kappa shape index (κ2) is 6.73. The van der Waals surface area contributed by atoms with Crippen LogP contribution in [0.15, 0.2) is 0 Å². The molecule has 0 radical (unpaired) electrons. The number of aliphatic hydroxyl groups is 1. The molecule has 14 heavy (non-hydrogen) atoms. The Morgan fingerprint density at radius 3 is 2.29 bits per heavy atom. The summed E-state index contributed by atoms with van der Waals surface area (Å²) >= 11 is 1.89. The average molecular weight is 218 g/mol. The molecule has 0 bridgehead atoms. The van der Waals surface area contributed by atoms with Crippen molar-refractivity contribution in [2.75, 3.05) is 5.75 Å². The molecule has 0 spiro atoms. The van der Waals surface area contributed by atoms with Gasteiger partial charge in [0.25, 0.3) is 0 Å². The Bertz CT molecular complexity index is 140. The lowest BCUT2D eigenvalue weighted by molar-refractivity contribution is 0.167. The van der Waals surface area contributed by atoms with Crippen molar-refractivity contribution >= 4 is 11.8 Å². The van der Waals surface area contributed by atoms with Crippen LogP contribution < -0.4 is 0 Å².